The Hall–Kier alpha value is -0.720. The summed E-state index contributed by atoms with van der Waals surface area (Å²) in [5.41, 5.74) is 1.03. The second-order valence-electron chi connectivity index (χ2n) is 4.52. The molecule has 1 aromatic carbocycles. The second kappa shape index (κ2) is 6.15. The van der Waals surface area contributed by atoms with Gasteiger partial charge in [-0.1, -0.05) is 28.1 Å². The molecule has 0 amide bonds. The van der Waals surface area contributed by atoms with Crippen molar-refractivity contribution >= 4 is 32.7 Å². The number of carbonyl (C=O) groups excluding carboxylic acids is 1. The standard InChI is InChI=1S/C13H16BrNO3S/c1-8-12(9-3-5-10(14)6-4-9)15-11(7-19(8)17)13(16)18-2/h3-6,8,11-12,15H,7H2,1-2H3. The molecule has 0 radical (unpaired) electrons. The Morgan fingerprint density at radius 1 is 1.42 bits per heavy atom. The van der Waals surface area contributed by atoms with Crippen LogP contribution in [0.3, 0.4) is 0 Å². The molecular weight excluding hydrogens is 330 g/mol. The third-order valence-corrected chi connectivity index (χ3v) is 5.60. The van der Waals surface area contributed by atoms with E-state index in [4.69, 9.17) is 4.74 Å². The molecule has 2 rings (SSSR count). The molecule has 4 atom stereocenters. The normalized spacial score (nSPS) is 30.9. The van der Waals surface area contributed by atoms with Crippen molar-refractivity contribution in [3.63, 3.8) is 0 Å². The van der Waals surface area contributed by atoms with E-state index in [0.29, 0.717) is 5.75 Å². The lowest BCUT2D eigenvalue weighted by molar-refractivity contribution is -0.142. The predicted octanol–water partition coefficient (Wildman–Crippen LogP) is 1.77. The van der Waals surface area contributed by atoms with Crippen molar-refractivity contribution in [2.45, 2.75) is 24.3 Å². The van der Waals surface area contributed by atoms with E-state index in [9.17, 15) is 9.00 Å². The van der Waals surface area contributed by atoms with Gasteiger partial charge in [0.2, 0.25) is 0 Å². The predicted molar refractivity (Wildman–Crippen MR) is 78.3 cm³/mol. The molecule has 1 aromatic rings. The lowest BCUT2D eigenvalue weighted by Gasteiger charge is -2.34. The first-order valence-electron chi connectivity index (χ1n) is 5.99. The summed E-state index contributed by atoms with van der Waals surface area (Å²) in [6, 6.07) is 7.20. The van der Waals surface area contributed by atoms with Crippen LogP contribution in [0.4, 0.5) is 0 Å². The summed E-state index contributed by atoms with van der Waals surface area (Å²) in [6.45, 7) is 1.93. The molecular formula is C13H16BrNO3S. The fraction of sp³-hybridized carbons (Fsp3) is 0.462. The molecule has 4 nitrogen and oxygen atoms in total. The van der Waals surface area contributed by atoms with Gasteiger partial charge in [-0.05, 0) is 24.6 Å². The van der Waals surface area contributed by atoms with Crippen LogP contribution in [-0.2, 0) is 20.3 Å². The molecule has 1 aliphatic heterocycles. The molecule has 0 spiro atoms. The molecule has 0 aliphatic carbocycles. The van der Waals surface area contributed by atoms with Crippen molar-refractivity contribution in [2.75, 3.05) is 12.9 Å². The summed E-state index contributed by atoms with van der Waals surface area (Å²) in [5, 5.41) is 3.20. The summed E-state index contributed by atoms with van der Waals surface area (Å²) in [6.07, 6.45) is 0. The van der Waals surface area contributed by atoms with Gasteiger partial charge in [-0.2, -0.15) is 0 Å². The van der Waals surface area contributed by atoms with Crippen LogP contribution in [0.2, 0.25) is 0 Å². The van der Waals surface area contributed by atoms with Gasteiger partial charge in [-0.3, -0.25) is 14.3 Å². The van der Waals surface area contributed by atoms with E-state index in [2.05, 4.69) is 21.2 Å². The van der Waals surface area contributed by atoms with E-state index >= 15 is 0 Å². The quantitative estimate of drug-likeness (QED) is 0.830. The Morgan fingerprint density at radius 3 is 2.63 bits per heavy atom. The molecule has 4 unspecified atom stereocenters. The zero-order valence-corrected chi connectivity index (χ0v) is 13.2. The number of hydrogen-bond acceptors (Lipinski definition) is 4. The van der Waals surface area contributed by atoms with Crippen LogP contribution in [0.25, 0.3) is 0 Å². The fourth-order valence-electron chi connectivity index (χ4n) is 2.18. The number of hydrogen-bond donors (Lipinski definition) is 1. The topological polar surface area (TPSA) is 55.4 Å². The van der Waals surface area contributed by atoms with Gasteiger partial charge < -0.3 is 4.74 Å². The number of nitrogens with one attached hydrogen (secondary N) is 1. The number of halogens is 1. The Balaban J connectivity index is 2.24. The third kappa shape index (κ3) is 3.24. The Bertz CT molecular complexity index is 491. The van der Waals surface area contributed by atoms with Crippen LogP contribution < -0.4 is 5.32 Å². The zero-order chi connectivity index (χ0) is 14.0. The molecule has 0 bridgehead atoms. The van der Waals surface area contributed by atoms with Crippen LogP contribution in [0, 0.1) is 0 Å². The number of carbonyl (C=O) groups is 1. The summed E-state index contributed by atoms with van der Waals surface area (Å²) >= 11 is 3.39. The van der Waals surface area contributed by atoms with Gasteiger partial charge in [0.1, 0.15) is 6.04 Å². The van der Waals surface area contributed by atoms with Gasteiger partial charge in [0.15, 0.2) is 0 Å². The number of rotatable bonds is 2. The average molecular weight is 346 g/mol. The van der Waals surface area contributed by atoms with E-state index in [1.54, 1.807) is 0 Å². The summed E-state index contributed by atoms with van der Waals surface area (Å²) < 4.78 is 17.9. The van der Waals surface area contributed by atoms with Gasteiger partial charge in [-0.15, -0.1) is 0 Å². The SMILES string of the molecule is COC(=O)C1CS(=O)C(C)C(c2ccc(Br)cc2)N1. The number of esters is 1. The number of methoxy groups -OCH3 is 1. The van der Waals surface area contributed by atoms with E-state index in [0.717, 1.165) is 10.0 Å². The highest BCUT2D eigenvalue weighted by molar-refractivity contribution is 9.10. The van der Waals surface area contributed by atoms with Crippen LogP contribution in [0.15, 0.2) is 28.7 Å². The van der Waals surface area contributed by atoms with Crippen molar-refractivity contribution in [2.24, 2.45) is 0 Å². The minimum Gasteiger partial charge on any atom is -0.468 e. The van der Waals surface area contributed by atoms with Crippen molar-refractivity contribution in [3.8, 4) is 0 Å². The molecule has 1 N–H and O–H groups in total. The third-order valence-electron chi connectivity index (χ3n) is 3.31. The smallest absolute Gasteiger partial charge is 0.323 e. The van der Waals surface area contributed by atoms with Gasteiger partial charge in [-0.25, -0.2) is 0 Å². The lowest BCUT2D eigenvalue weighted by Crippen LogP contribution is -2.53. The minimum atomic E-state index is -1.05. The first kappa shape index (κ1) is 14.7. The molecule has 104 valence electrons. The first-order chi connectivity index (χ1) is 9.02. The van der Waals surface area contributed by atoms with Gasteiger partial charge >= 0.3 is 5.97 Å². The Morgan fingerprint density at radius 2 is 2.05 bits per heavy atom. The summed E-state index contributed by atoms with van der Waals surface area (Å²) in [7, 11) is 0.299. The van der Waals surface area contributed by atoms with Crippen molar-refractivity contribution in [1.29, 1.82) is 0 Å². The average Bonchev–Trinajstić information content (AvgIpc) is 2.42. The fourth-order valence-corrected chi connectivity index (χ4v) is 3.85. The minimum absolute atomic E-state index is 0.0397. The molecule has 0 saturated carbocycles. The highest BCUT2D eigenvalue weighted by Crippen LogP contribution is 2.27. The Labute approximate surface area is 123 Å². The van der Waals surface area contributed by atoms with Crippen molar-refractivity contribution in [1.82, 2.24) is 5.32 Å². The number of benzene rings is 1. The van der Waals surface area contributed by atoms with Gasteiger partial charge in [0, 0.05) is 21.3 Å². The largest absolute Gasteiger partial charge is 0.468 e. The van der Waals surface area contributed by atoms with Crippen LogP contribution >= 0.6 is 15.9 Å². The maximum Gasteiger partial charge on any atom is 0.323 e. The second-order valence-corrected chi connectivity index (χ2v) is 7.28. The highest BCUT2D eigenvalue weighted by atomic mass is 79.9. The van der Waals surface area contributed by atoms with Crippen molar-refractivity contribution < 1.29 is 13.7 Å². The lowest BCUT2D eigenvalue weighted by atomic mass is 10.0. The van der Waals surface area contributed by atoms with Crippen LogP contribution in [0.1, 0.15) is 18.5 Å². The molecule has 1 fully saturated rings. The zero-order valence-electron chi connectivity index (χ0n) is 10.8. The van der Waals surface area contributed by atoms with Crippen molar-refractivity contribution in [3.05, 3.63) is 34.3 Å². The molecule has 0 aromatic heterocycles. The molecule has 1 heterocycles. The van der Waals surface area contributed by atoms with Gasteiger partial charge in [0.05, 0.1) is 18.1 Å². The van der Waals surface area contributed by atoms with Gasteiger partial charge in [0.25, 0.3) is 0 Å². The summed E-state index contributed by atoms with van der Waals surface area (Å²) in [5.74, 6) is -0.0525. The van der Waals surface area contributed by atoms with E-state index in [-0.39, 0.29) is 17.3 Å². The molecule has 19 heavy (non-hydrogen) atoms. The summed E-state index contributed by atoms with van der Waals surface area (Å²) in [4.78, 5) is 11.6. The Kier molecular flexibility index (Phi) is 4.76. The van der Waals surface area contributed by atoms with Crippen LogP contribution in [-0.4, -0.2) is 34.3 Å². The van der Waals surface area contributed by atoms with E-state index in [1.807, 2.05) is 31.2 Å². The molecule has 6 heteroatoms. The molecule has 1 aliphatic rings. The molecule has 1 saturated heterocycles. The number of ether oxygens (including phenoxy) is 1. The maximum atomic E-state index is 12.1. The monoisotopic (exact) mass is 345 g/mol. The van der Waals surface area contributed by atoms with Crippen LogP contribution in [0.5, 0.6) is 0 Å². The maximum absolute atomic E-state index is 12.1. The van der Waals surface area contributed by atoms with E-state index < -0.39 is 16.8 Å². The van der Waals surface area contributed by atoms with E-state index in [1.165, 1.54) is 7.11 Å². The highest BCUT2D eigenvalue weighted by Gasteiger charge is 2.36. The first-order valence-corrected chi connectivity index (χ1v) is 8.17.